The Morgan fingerprint density at radius 2 is 2.00 bits per heavy atom. The van der Waals surface area contributed by atoms with E-state index >= 15 is 0 Å². The predicted octanol–water partition coefficient (Wildman–Crippen LogP) is -2.84. The van der Waals surface area contributed by atoms with Gasteiger partial charge in [-0.3, -0.25) is 19.2 Å². The summed E-state index contributed by atoms with van der Waals surface area (Å²) in [4.78, 5) is 48.4. The van der Waals surface area contributed by atoms with Crippen molar-refractivity contribution in [2.75, 3.05) is 46.6 Å². The standard InChI is InChI=1S/C19H31N7O7/c1-3-4-21-16(27)8-26-5-13(23-24-26)9-32-12-18(29)25-6-14(7-25)33-10-15(19(20)30)22-17(28)11-31-2/h5,14-15H,3-4,6-12H2,1-2H3,(H2,20,30)(H,21,27)(H,22,28). The number of amides is 4. The van der Waals surface area contributed by atoms with Crippen LogP contribution in [0.3, 0.4) is 0 Å². The van der Waals surface area contributed by atoms with Gasteiger partial charge in [-0.2, -0.15) is 0 Å². The van der Waals surface area contributed by atoms with Crippen molar-refractivity contribution in [1.82, 2.24) is 30.5 Å². The third-order valence-corrected chi connectivity index (χ3v) is 4.59. The Labute approximate surface area is 191 Å². The first-order valence-electron chi connectivity index (χ1n) is 10.5. The number of carbonyl (C=O) groups excluding carboxylic acids is 4. The van der Waals surface area contributed by atoms with Crippen LogP contribution in [-0.4, -0.2) is 102 Å². The lowest BCUT2D eigenvalue weighted by Crippen LogP contribution is -2.57. The van der Waals surface area contributed by atoms with Gasteiger partial charge in [-0.05, 0) is 6.42 Å². The number of nitrogens with one attached hydrogen (secondary N) is 2. The van der Waals surface area contributed by atoms with Gasteiger partial charge in [0.15, 0.2) is 0 Å². The van der Waals surface area contributed by atoms with Crippen molar-refractivity contribution in [2.45, 2.75) is 38.6 Å². The van der Waals surface area contributed by atoms with Crippen LogP contribution in [-0.2, 0) is 46.5 Å². The molecule has 1 atom stereocenters. The summed E-state index contributed by atoms with van der Waals surface area (Å²) in [5, 5.41) is 12.9. The van der Waals surface area contributed by atoms with E-state index in [1.165, 1.54) is 11.8 Å². The molecule has 0 bridgehead atoms. The summed E-state index contributed by atoms with van der Waals surface area (Å²) in [6.07, 6.45) is 2.17. The number of nitrogens with zero attached hydrogens (tertiary/aromatic N) is 4. The fourth-order valence-corrected chi connectivity index (χ4v) is 2.83. The number of nitrogens with two attached hydrogens (primary N) is 1. The molecule has 2 heterocycles. The van der Waals surface area contributed by atoms with Crippen LogP contribution in [0.25, 0.3) is 0 Å². The summed E-state index contributed by atoms with van der Waals surface area (Å²) >= 11 is 0. The van der Waals surface area contributed by atoms with E-state index < -0.39 is 17.9 Å². The molecule has 1 saturated heterocycles. The number of ether oxygens (including phenoxy) is 3. The van der Waals surface area contributed by atoms with Crippen molar-refractivity contribution in [3.05, 3.63) is 11.9 Å². The number of hydrogen-bond donors (Lipinski definition) is 3. The smallest absolute Gasteiger partial charge is 0.248 e. The molecule has 33 heavy (non-hydrogen) atoms. The maximum atomic E-state index is 12.2. The van der Waals surface area contributed by atoms with Gasteiger partial charge in [-0.1, -0.05) is 12.1 Å². The van der Waals surface area contributed by atoms with Gasteiger partial charge < -0.3 is 35.5 Å². The average Bonchev–Trinajstić information content (AvgIpc) is 3.17. The second-order valence-corrected chi connectivity index (χ2v) is 7.46. The number of carbonyl (C=O) groups is 4. The maximum absolute atomic E-state index is 12.2. The third kappa shape index (κ3) is 9.11. The Balaban J connectivity index is 1.62. The van der Waals surface area contributed by atoms with Gasteiger partial charge in [0, 0.05) is 26.7 Å². The number of methoxy groups -OCH3 is 1. The fraction of sp³-hybridized carbons (Fsp3) is 0.684. The van der Waals surface area contributed by atoms with E-state index in [1.54, 1.807) is 11.1 Å². The number of aromatic nitrogens is 3. The molecule has 0 aliphatic carbocycles. The van der Waals surface area contributed by atoms with Gasteiger partial charge >= 0.3 is 0 Å². The minimum atomic E-state index is -0.980. The highest BCUT2D eigenvalue weighted by Crippen LogP contribution is 2.12. The topological polar surface area (TPSA) is 180 Å². The quantitative estimate of drug-likeness (QED) is 0.244. The van der Waals surface area contributed by atoms with Crippen LogP contribution < -0.4 is 16.4 Å². The van der Waals surface area contributed by atoms with Crippen LogP contribution in [0.15, 0.2) is 6.20 Å². The van der Waals surface area contributed by atoms with E-state index in [9.17, 15) is 19.2 Å². The highest BCUT2D eigenvalue weighted by Gasteiger charge is 2.32. The molecule has 0 spiro atoms. The van der Waals surface area contributed by atoms with Crippen LogP contribution in [0.4, 0.5) is 0 Å². The first kappa shape index (κ1) is 26.2. The molecule has 1 aromatic heterocycles. The lowest BCUT2D eigenvalue weighted by Gasteiger charge is -2.39. The second kappa shape index (κ2) is 13.4. The van der Waals surface area contributed by atoms with Crippen molar-refractivity contribution in [3.8, 4) is 0 Å². The monoisotopic (exact) mass is 469 g/mol. The minimum Gasteiger partial charge on any atom is -0.375 e. The summed E-state index contributed by atoms with van der Waals surface area (Å²) < 4.78 is 17.0. The molecule has 1 aromatic rings. The van der Waals surface area contributed by atoms with E-state index in [0.29, 0.717) is 25.3 Å². The molecule has 2 rings (SSSR count). The van der Waals surface area contributed by atoms with E-state index in [0.717, 1.165) is 6.42 Å². The normalized spacial score (nSPS) is 14.4. The Morgan fingerprint density at radius 1 is 1.24 bits per heavy atom. The first-order chi connectivity index (χ1) is 15.8. The number of hydrogen-bond acceptors (Lipinski definition) is 9. The SMILES string of the molecule is CCCNC(=O)Cn1cc(COCC(=O)N2CC(OCC(NC(=O)COC)C(N)=O)C2)nn1. The zero-order valence-corrected chi connectivity index (χ0v) is 18.8. The van der Waals surface area contributed by atoms with Gasteiger partial charge in [-0.15, -0.1) is 5.10 Å². The second-order valence-electron chi connectivity index (χ2n) is 7.46. The molecule has 1 aliphatic rings. The number of rotatable bonds is 15. The molecule has 4 N–H and O–H groups in total. The molecule has 0 saturated carbocycles. The average molecular weight is 469 g/mol. The zero-order chi connectivity index (χ0) is 24.2. The molecule has 1 unspecified atom stereocenters. The van der Waals surface area contributed by atoms with Gasteiger partial charge in [0.25, 0.3) is 0 Å². The summed E-state index contributed by atoms with van der Waals surface area (Å²) in [5.74, 6) is -1.58. The summed E-state index contributed by atoms with van der Waals surface area (Å²) in [5.41, 5.74) is 5.77. The fourth-order valence-electron chi connectivity index (χ4n) is 2.83. The number of primary amides is 1. The minimum absolute atomic E-state index is 0.0633. The van der Waals surface area contributed by atoms with Gasteiger partial charge in [-0.25, -0.2) is 4.68 Å². The van der Waals surface area contributed by atoms with Crippen molar-refractivity contribution in [2.24, 2.45) is 5.73 Å². The molecule has 4 amide bonds. The molecule has 1 fully saturated rings. The van der Waals surface area contributed by atoms with Crippen LogP contribution in [0, 0.1) is 0 Å². The Hall–Kier alpha value is -3.10. The van der Waals surface area contributed by atoms with Crippen molar-refractivity contribution in [3.63, 3.8) is 0 Å². The predicted molar refractivity (Wildman–Crippen MR) is 112 cm³/mol. The Morgan fingerprint density at radius 3 is 2.67 bits per heavy atom. The third-order valence-electron chi connectivity index (χ3n) is 4.59. The van der Waals surface area contributed by atoms with Gasteiger partial charge in [0.2, 0.25) is 23.6 Å². The van der Waals surface area contributed by atoms with Crippen molar-refractivity contribution in [1.29, 1.82) is 0 Å². The Kier molecular flexibility index (Phi) is 10.7. The summed E-state index contributed by atoms with van der Waals surface area (Å²) in [6, 6.07) is -0.980. The highest BCUT2D eigenvalue weighted by molar-refractivity contribution is 5.87. The highest BCUT2D eigenvalue weighted by atomic mass is 16.5. The molecular formula is C19H31N7O7. The largest absolute Gasteiger partial charge is 0.375 e. The van der Waals surface area contributed by atoms with Crippen LogP contribution in [0.2, 0.25) is 0 Å². The lowest BCUT2D eigenvalue weighted by atomic mass is 10.1. The molecule has 14 heteroatoms. The van der Waals surface area contributed by atoms with Gasteiger partial charge in [0.05, 0.1) is 25.5 Å². The summed E-state index contributed by atoms with van der Waals surface area (Å²) in [7, 11) is 1.36. The molecule has 14 nitrogen and oxygen atoms in total. The summed E-state index contributed by atoms with van der Waals surface area (Å²) in [6.45, 7) is 2.95. The first-order valence-corrected chi connectivity index (χ1v) is 10.5. The van der Waals surface area contributed by atoms with Gasteiger partial charge in [0.1, 0.15) is 31.5 Å². The van der Waals surface area contributed by atoms with E-state index in [2.05, 4.69) is 25.7 Å². The number of likely N-dealkylation sites (tertiary alicyclic amines) is 1. The molecular weight excluding hydrogens is 438 g/mol. The molecule has 0 radical (unpaired) electrons. The van der Waals surface area contributed by atoms with Crippen molar-refractivity contribution >= 4 is 23.6 Å². The van der Waals surface area contributed by atoms with E-state index in [4.69, 9.17) is 15.2 Å². The molecule has 1 aliphatic heterocycles. The van der Waals surface area contributed by atoms with E-state index in [-0.39, 0.29) is 50.9 Å². The van der Waals surface area contributed by atoms with Crippen molar-refractivity contribution < 1.29 is 33.4 Å². The van der Waals surface area contributed by atoms with Crippen LogP contribution in [0.5, 0.6) is 0 Å². The Bertz CT molecular complexity index is 810. The molecule has 0 aromatic carbocycles. The van der Waals surface area contributed by atoms with Crippen LogP contribution in [0.1, 0.15) is 19.0 Å². The van der Waals surface area contributed by atoms with E-state index in [1.807, 2.05) is 6.92 Å². The molecule has 184 valence electrons. The lowest BCUT2D eigenvalue weighted by molar-refractivity contribution is -0.151. The zero-order valence-electron chi connectivity index (χ0n) is 18.8. The van der Waals surface area contributed by atoms with Crippen LogP contribution >= 0.6 is 0 Å². The maximum Gasteiger partial charge on any atom is 0.248 e.